The summed E-state index contributed by atoms with van der Waals surface area (Å²) in [5.41, 5.74) is 3.77. The summed E-state index contributed by atoms with van der Waals surface area (Å²) < 4.78 is 16.4. The van der Waals surface area contributed by atoms with Gasteiger partial charge in [-0.05, 0) is 42.2 Å². The number of para-hydroxylation sites is 1. The Labute approximate surface area is 172 Å². The van der Waals surface area contributed by atoms with Crippen molar-refractivity contribution in [3.05, 3.63) is 47.5 Å². The van der Waals surface area contributed by atoms with Crippen molar-refractivity contribution in [2.45, 2.75) is 31.9 Å². The first-order chi connectivity index (χ1) is 14.0. The van der Waals surface area contributed by atoms with Crippen LogP contribution in [-0.2, 0) is 4.79 Å². The van der Waals surface area contributed by atoms with Crippen LogP contribution >= 0.6 is 11.8 Å². The van der Waals surface area contributed by atoms with Crippen molar-refractivity contribution in [2.75, 3.05) is 17.9 Å². The summed E-state index contributed by atoms with van der Waals surface area (Å²) >= 11 is 1.20. The number of ether oxygens (including phenoxy) is 2. The molecule has 2 heterocycles. The third-order valence-corrected chi connectivity index (χ3v) is 5.36. The van der Waals surface area contributed by atoms with Crippen molar-refractivity contribution in [1.29, 1.82) is 0 Å². The Bertz CT molecular complexity index is 1050. The van der Waals surface area contributed by atoms with Gasteiger partial charge in [0.2, 0.25) is 18.6 Å². The monoisotopic (exact) mass is 411 g/mol. The van der Waals surface area contributed by atoms with Crippen LogP contribution in [0.3, 0.4) is 0 Å². The van der Waals surface area contributed by atoms with Crippen LogP contribution in [0, 0.1) is 6.92 Å². The van der Waals surface area contributed by atoms with Crippen molar-refractivity contribution in [1.82, 2.24) is 10.2 Å². The molecule has 8 heteroatoms. The van der Waals surface area contributed by atoms with Crippen molar-refractivity contribution in [3.8, 4) is 23.0 Å². The number of thioether (sulfide) groups is 1. The number of nitrogens with zero attached hydrogens (tertiary/aromatic N) is 2. The lowest BCUT2D eigenvalue weighted by molar-refractivity contribution is -0.113. The van der Waals surface area contributed by atoms with E-state index in [0.717, 1.165) is 22.4 Å². The molecule has 3 aromatic rings. The van der Waals surface area contributed by atoms with Crippen molar-refractivity contribution < 1.29 is 18.7 Å². The highest BCUT2D eigenvalue weighted by atomic mass is 32.2. The summed E-state index contributed by atoms with van der Waals surface area (Å²) in [7, 11) is 0. The third-order valence-electron chi connectivity index (χ3n) is 4.54. The molecule has 1 amide bonds. The Morgan fingerprint density at radius 2 is 2.00 bits per heavy atom. The first-order valence-corrected chi connectivity index (χ1v) is 10.3. The number of fused-ring (bicyclic) bond motifs is 1. The van der Waals surface area contributed by atoms with Crippen LogP contribution in [0.5, 0.6) is 11.5 Å². The smallest absolute Gasteiger partial charge is 0.277 e. The molecule has 0 spiro atoms. The average molecular weight is 411 g/mol. The Morgan fingerprint density at radius 3 is 2.83 bits per heavy atom. The number of benzene rings is 2. The van der Waals surface area contributed by atoms with Gasteiger partial charge < -0.3 is 19.2 Å². The lowest BCUT2D eigenvalue weighted by Gasteiger charge is -2.16. The van der Waals surface area contributed by atoms with Crippen molar-refractivity contribution in [2.24, 2.45) is 0 Å². The van der Waals surface area contributed by atoms with Gasteiger partial charge >= 0.3 is 0 Å². The largest absolute Gasteiger partial charge is 0.454 e. The molecule has 0 atom stereocenters. The van der Waals surface area contributed by atoms with E-state index < -0.39 is 0 Å². The highest BCUT2D eigenvalue weighted by Gasteiger charge is 2.18. The number of anilines is 1. The number of carbonyl (C=O) groups is 1. The number of nitrogens with one attached hydrogen (secondary N) is 1. The van der Waals surface area contributed by atoms with Crippen LogP contribution in [0.15, 0.2) is 46.0 Å². The fourth-order valence-electron chi connectivity index (χ4n) is 3.06. The number of amides is 1. The van der Waals surface area contributed by atoms with Crippen LogP contribution in [0.2, 0.25) is 0 Å². The molecule has 0 unspecified atom stereocenters. The predicted molar refractivity (Wildman–Crippen MR) is 110 cm³/mol. The van der Waals surface area contributed by atoms with Crippen LogP contribution in [0.4, 0.5) is 5.69 Å². The van der Waals surface area contributed by atoms with Crippen LogP contribution in [0.1, 0.15) is 30.9 Å². The molecular weight excluding hydrogens is 390 g/mol. The normalized spacial score (nSPS) is 12.4. The summed E-state index contributed by atoms with van der Waals surface area (Å²) in [5, 5.41) is 11.4. The third kappa shape index (κ3) is 4.22. The Balaban J connectivity index is 1.40. The van der Waals surface area contributed by atoms with E-state index in [1.165, 1.54) is 11.8 Å². The number of aromatic nitrogens is 2. The number of hydrogen-bond donors (Lipinski definition) is 1. The van der Waals surface area contributed by atoms with Gasteiger partial charge in [0.05, 0.1) is 5.75 Å². The van der Waals surface area contributed by atoms with Gasteiger partial charge in [-0.2, -0.15) is 0 Å². The zero-order valence-corrected chi connectivity index (χ0v) is 17.2. The molecule has 150 valence electrons. The Hall–Kier alpha value is -3.00. The molecule has 1 aliphatic heterocycles. The minimum absolute atomic E-state index is 0.117. The van der Waals surface area contributed by atoms with Crippen LogP contribution in [0.25, 0.3) is 11.5 Å². The van der Waals surface area contributed by atoms with E-state index >= 15 is 0 Å². The molecule has 0 fully saturated rings. The molecule has 0 aliphatic carbocycles. The first-order valence-electron chi connectivity index (χ1n) is 9.27. The molecule has 0 saturated carbocycles. The van der Waals surface area contributed by atoms with E-state index in [0.29, 0.717) is 28.5 Å². The lowest BCUT2D eigenvalue weighted by atomic mass is 9.98. The van der Waals surface area contributed by atoms with Gasteiger partial charge in [-0.15, -0.1) is 10.2 Å². The number of hydrogen-bond acceptors (Lipinski definition) is 7. The standard InChI is InChI=1S/C21H21N3O4S/c1-12(2)15-6-4-5-13(3)19(15)22-18(25)10-29-21-24-23-20(28-21)14-7-8-16-17(9-14)27-11-26-16/h4-9,12H,10-11H2,1-3H3,(H,22,25). The van der Waals surface area contributed by atoms with Gasteiger partial charge in [-0.25, -0.2) is 0 Å². The maximum Gasteiger partial charge on any atom is 0.277 e. The summed E-state index contributed by atoms with van der Waals surface area (Å²) in [6, 6.07) is 11.5. The highest BCUT2D eigenvalue weighted by molar-refractivity contribution is 7.99. The average Bonchev–Trinajstić information content (AvgIpc) is 3.36. The molecule has 0 radical (unpaired) electrons. The van der Waals surface area contributed by atoms with E-state index in [4.69, 9.17) is 13.9 Å². The van der Waals surface area contributed by atoms with Crippen molar-refractivity contribution in [3.63, 3.8) is 0 Å². The number of carbonyl (C=O) groups excluding carboxylic acids is 1. The maximum absolute atomic E-state index is 12.5. The summed E-state index contributed by atoms with van der Waals surface area (Å²) in [4.78, 5) is 12.5. The van der Waals surface area contributed by atoms with E-state index in [-0.39, 0.29) is 18.5 Å². The number of rotatable bonds is 6. The minimum Gasteiger partial charge on any atom is -0.454 e. The fourth-order valence-corrected chi connectivity index (χ4v) is 3.62. The first kappa shape index (κ1) is 19.3. The zero-order chi connectivity index (χ0) is 20.4. The van der Waals surface area contributed by atoms with Gasteiger partial charge in [-0.3, -0.25) is 4.79 Å². The SMILES string of the molecule is Cc1cccc(C(C)C)c1NC(=O)CSc1nnc(-c2ccc3c(c2)OCO3)o1. The number of aryl methyl sites for hydroxylation is 1. The molecule has 1 N–H and O–H groups in total. The lowest BCUT2D eigenvalue weighted by Crippen LogP contribution is -2.16. The second kappa shape index (κ2) is 8.16. The van der Waals surface area contributed by atoms with E-state index in [2.05, 4.69) is 29.4 Å². The van der Waals surface area contributed by atoms with Crippen LogP contribution in [-0.4, -0.2) is 28.7 Å². The Kier molecular flexibility index (Phi) is 5.44. The molecule has 4 rings (SSSR count). The molecule has 0 bridgehead atoms. The molecule has 1 aliphatic rings. The maximum atomic E-state index is 12.5. The van der Waals surface area contributed by atoms with Gasteiger partial charge in [0, 0.05) is 11.3 Å². The second-order valence-corrected chi connectivity index (χ2v) is 7.90. The highest BCUT2D eigenvalue weighted by Crippen LogP contribution is 2.36. The fraction of sp³-hybridized carbons (Fsp3) is 0.286. The topological polar surface area (TPSA) is 86.5 Å². The van der Waals surface area contributed by atoms with Gasteiger partial charge in [-0.1, -0.05) is 43.8 Å². The summed E-state index contributed by atoms with van der Waals surface area (Å²) in [6.45, 7) is 6.41. The van der Waals surface area contributed by atoms with Crippen LogP contribution < -0.4 is 14.8 Å². The summed E-state index contributed by atoms with van der Waals surface area (Å²) in [5.74, 6) is 2.08. The summed E-state index contributed by atoms with van der Waals surface area (Å²) in [6.07, 6.45) is 0. The quantitative estimate of drug-likeness (QED) is 0.592. The van der Waals surface area contributed by atoms with Gasteiger partial charge in [0.25, 0.3) is 5.22 Å². The molecule has 1 aromatic heterocycles. The van der Waals surface area contributed by atoms with E-state index in [9.17, 15) is 4.79 Å². The van der Waals surface area contributed by atoms with Gasteiger partial charge in [0.15, 0.2) is 11.5 Å². The Morgan fingerprint density at radius 1 is 1.17 bits per heavy atom. The van der Waals surface area contributed by atoms with Gasteiger partial charge in [0.1, 0.15) is 0 Å². The molecule has 2 aromatic carbocycles. The molecule has 29 heavy (non-hydrogen) atoms. The van der Waals surface area contributed by atoms with E-state index in [1.807, 2.05) is 31.2 Å². The minimum atomic E-state index is -0.117. The zero-order valence-electron chi connectivity index (χ0n) is 16.4. The van der Waals surface area contributed by atoms with Crippen molar-refractivity contribution >= 4 is 23.4 Å². The van der Waals surface area contributed by atoms with E-state index in [1.54, 1.807) is 12.1 Å². The molecule has 0 saturated heterocycles. The predicted octanol–water partition coefficient (Wildman–Crippen LogP) is 4.63. The molecule has 7 nitrogen and oxygen atoms in total. The molecular formula is C21H21N3O4S. The second-order valence-electron chi connectivity index (χ2n) is 6.97.